The summed E-state index contributed by atoms with van der Waals surface area (Å²) < 4.78 is 0. The summed E-state index contributed by atoms with van der Waals surface area (Å²) in [6, 6.07) is 15.9. The molecule has 0 aliphatic carbocycles. The van der Waals surface area contributed by atoms with Gasteiger partial charge < -0.3 is 5.11 Å². The van der Waals surface area contributed by atoms with Gasteiger partial charge in [-0.05, 0) is 35.6 Å². The third-order valence-corrected chi connectivity index (χ3v) is 3.92. The van der Waals surface area contributed by atoms with Crippen LogP contribution in [0.15, 0.2) is 48.5 Å². The molecule has 0 heterocycles. The Morgan fingerprint density at radius 3 is 2.40 bits per heavy atom. The number of hydrogen-bond donors (Lipinski definition) is 1. The molecule has 1 atom stereocenters. The molecule has 1 unspecified atom stereocenters. The summed E-state index contributed by atoms with van der Waals surface area (Å²) in [5.41, 5.74) is 3.27. The van der Waals surface area contributed by atoms with E-state index in [1.165, 1.54) is 18.4 Å². The summed E-state index contributed by atoms with van der Waals surface area (Å²) in [4.78, 5) is 0. The van der Waals surface area contributed by atoms with Crippen LogP contribution in [-0.4, -0.2) is 5.11 Å². The van der Waals surface area contributed by atoms with Gasteiger partial charge in [0, 0.05) is 11.4 Å². The lowest BCUT2D eigenvalue weighted by Crippen LogP contribution is -2.02. The highest BCUT2D eigenvalue weighted by Crippen LogP contribution is 2.23. The molecule has 0 saturated heterocycles. The third kappa shape index (κ3) is 4.09. The second kappa shape index (κ2) is 7.47. The van der Waals surface area contributed by atoms with E-state index >= 15 is 0 Å². The van der Waals surface area contributed by atoms with E-state index in [2.05, 4.69) is 19.1 Å². The van der Waals surface area contributed by atoms with Crippen molar-refractivity contribution in [1.29, 1.82) is 0 Å². The van der Waals surface area contributed by atoms with Crippen molar-refractivity contribution in [2.75, 3.05) is 0 Å². The molecule has 2 aromatic carbocycles. The lowest BCUT2D eigenvalue weighted by Gasteiger charge is -2.13. The van der Waals surface area contributed by atoms with Crippen molar-refractivity contribution >= 4 is 11.6 Å². The summed E-state index contributed by atoms with van der Waals surface area (Å²) in [5, 5.41) is 11.0. The molecule has 0 amide bonds. The quantitative estimate of drug-likeness (QED) is 0.796. The molecule has 0 saturated carbocycles. The molecule has 1 nitrogen and oxygen atoms in total. The van der Waals surface area contributed by atoms with Crippen LogP contribution in [0.4, 0.5) is 0 Å². The fourth-order valence-corrected chi connectivity index (χ4v) is 2.49. The SMILES string of the molecule is CCCCc1ccc(C(O)Cc2ccccc2Cl)cc1. The highest BCUT2D eigenvalue weighted by Gasteiger charge is 2.10. The average Bonchev–Trinajstić information content (AvgIpc) is 2.48. The number of hydrogen-bond acceptors (Lipinski definition) is 1. The molecule has 2 aromatic rings. The second-order valence-electron chi connectivity index (χ2n) is 5.16. The molecule has 0 spiro atoms. The number of benzene rings is 2. The van der Waals surface area contributed by atoms with Gasteiger partial charge in [0.2, 0.25) is 0 Å². The van der Waals surface area contributed by atoms with Crippen LogP contribution in [0.1, 0.15) is 42.6 Å². The van der Waals surface area contributed by atoms with Gasteiger partial charge in [-0.3, -0.25) is 0 Å². The van der Waals surface area contributed by atoms with Crippen molar-refractivity contribution in [2.24, 2.45) is 0 Å². The van der Waals surface area contributed by atoms with Gasteiger partial charge in [-0.1, -0.05) is 67.4 Å². The number of aliphatic hydroxyl groups is 1. The van der Waals surface area contributed by atoms with Gasteiger partial charge in [0.15, 0.2) is 0 Å². The van der Waals surface area contributed by atoms with Crippen molar-refractivity contribution in [3.63, 3.8) is 0 Å². The van der Waals surface area contributed by atoms with Gasteiger partial charge >= 0.3 is 0 Å². The van der Waals surface area contributed by atoms with Gasteiger partial charge in [0.25, 0.3) is 0 Å². The van der Waals surface area contributed by atoms with Crippen molar-refractivity contribution in [1.82, 2.24) is 0 Å². The summed E-state index contributed by atoms with van der Waals surface area (Å²) in [6.07, 6.45) is 3.57. The van der Waals surface area contributed by atoms with Crippen LogP contribution in [0.3, 0.4) is 0 Å². The van der Waals surface area contributed by atoms with Crippen LogP contribution in [0.25, 0.3) is 0 Å². The zero-order chi connectivity index (χ0) is 14.4. The average molecular weight is 289 g/mol. The molecule has 0 radical (unpaired) electrons. The first kappa shape index (κ1) is 15.1. The predicted molar refractivity (Wildman–Crippen MR) is 85.2 cm³/mol. The Balaban J connectivity index is 2.02. The molecule has 106 valence electrons. The van der Waals surface area contributed by atoms with E-state index in [4.69, 9.17) is 11.6 Å². The molecule has 0 aliphatic rings. The topological polar surface area (TPSA) is 20.2 Å². The van der Waals surface area contributed by atoms with E-state index in [-0.39, 0.29) is 0 Å². The van der Waals surface area contributed by atoms with Crippen molar-refractivity contribution in [2.45, 2.75) is 38.7 Å². The highest BCUT2D eigenvalue weighted by molar-refractivity contribution is 6.31. The summed E-state index contributed by atoms with van der Waals surface area (Å²) in [6.45, 7) is 2.20. The zero-order valence-corrected chi connectivity index (χ0v) is 12.6. The molecule has 20 heavy (non-hydrogen) atoms. The van der Waals surface area contributed by atoms with Crippen LogP contribution in [0.5, 0.6) is 0 Å². The van der Waals surface area contributed by atoms with Crippen molar-refractivity contribution in [3.8, 4) is 0 Å². The number of rotatable bonds is 6. The van der Waals surface area contributed by atoms with E-state index in [1.807, 2.05) is 36.4 Å². The van der Waals surface area contributed by atoms with Crippen LogP contribution in [0, 0.1) is 0 Å². The molecule has 1 N–H and O–H groups in total. The van der Waals surface area contributed by atoms with Gasteiger partial charge in [0.05, 0.1) is 6.10 Å². The fourth-order valence-electron chi connectivity index (χ4n) is 2.28. The number of unbranched alkanes of at least 4 members (excludes halogenated alkanes) is 1. The van der Waals surface area contributed by atoms with Crippen LogP contribution in [-0.2, 0) is 12.8 Å². The zero-order valence-electron chi connectivity index (χ0n) is 11.8. The van der Waals surface area contributed by atoms with E-state index in [0.29, 0.717) is 11.4 Å². The Hall–Kier alpha value is -1.31. The minimum Gasteiger partial charge on any atom is -0.388 e. The lowest BCUT2D eigenvalue weighted by atomic mass is 9.99. The van der Waals surface area contributed by atoms with Gasteiger partial charge in [0.1, 0.15) is 0 Å². The predicted octanol–water partition coefficient (Wildman–Crippen LogP) is 4.96. The molecular formula is C18H21ClO. The second-order valence-corrected chi connectivity index (χ2v) is 5.56. The Morgan fingerprint density at radius 2 is 1.75 bits per heavy atom. The first-order valence-electron chi connectivity index (χ1n) is 7.21. The lowest BCUT2D eigenvalue weighted by molar-refractivity contribution is 0.178. The molecule has 2 heteroatoms. The maximum absolute atomic E-state index is 10.3. The maximum Gasteiger partial charge on any atom is 0.0830 e. The van der Waals surface area contributed by atoms with E-state index < -0.39 is 6.10 Å². The number of aryl methyl sites for hydroxylation is 1. The number of aliphatic hydroxyl groups excluding tert-OH is 1. The molecule has 2 rings (SSSR count). The minimum absolute atomic E-state index is 0.505. The Labute approximate surface area is 126 Å². The van der Waals surface area contributed by atoms with Crippen LogP contribution < -0.4 is 0 Å². The molecule has 0 aromatic heterocycles. The van der Waals surface area contributed by atoms with Gasteiger partial charge in [-0.15, -0.1) is 0 Å². The van der Waals surface area contributed by atoms with Crippen molar-refractivity contribution in [3.05, 3.63) is 70.2 Å². The summed E-state index contributed by atoms with van der Waals surface area (Å²) in [5.74, 6) is 0. The normalized spacial score (nSPS) is 12.3. The highest BCUT2D eigenvalue weighted by atomic mass is 35.5. The van der Waals surface area contributed by atoms with E-state index in [9.17, 15) is 5.11 Å². The Kier molecular flexibility index (Phi) is 5.63. The first-order valence-corrected chi connectivity index (χ1v) is 7.59. The monoisotopic (exact) mass is 288 g/mol. The molecule has 0 bridgehead atoms. The fraction of sp³-hybridized carbons (Fsp3) is 0.333. The largest absolute Gasteiger partial charge is 0.388 e. The Bertz CT molecular complexity index is 533. The van der Waals surface area contributed by atoms with Crippen molar-refractivity contribution < 1.29 is 5.11 Å². The van der Waals surface area contributed by atoms with E-state index in [1.54, 1.807) is 0 Å². The van der Waals surface area contributed by atoms with E-state index in [0.717, 1.165) is 17.5 Å². The summed E-state index contributed by atoms with van der Waals surface area (Å²) in [7, 11) is 0. The number of halogens is 1. The molecular weight excluding hydrogens is 268 g/mol. The van der Waals surface area contributed by atoms with Gasteiger partial charge in [-0.2, -0.15) is 0 Å². The third-order valence-electron chi connectivity index (χ3n) is 3.55. The van der Waals surface area contributed by atoms with Crippen LogP contribution >= 0.6 is 11.6 Å². The summed E-state index contributed by atoms with van der Waals surface area (Å²) >= 11 is 6.13. The standard InChI is InChI=1S/C18H21ClO/c1-2-3-6-14-9-11-15(12-10-14)18(20)13-16-7-4-5-8-17(16)19/h4-5,7-12,18,20H,2-3,6,13H2,1H3. The van der Waals surface area contributed by atoms with Gasteiger partial charge in [-0.25, -0.2) is 0 Å². The van der Waals surface area contributed by atoms with Crippen LogP contribution in [0.2, 0.25) is 5.02 Å². The minimum atomic E-state index is -0.505. The first-order chi connectivity index (χ1) is 9.70. The maximum atomic E-state index is 10.3. The smallest absolute Gasteiger partial charge is 0.0830 e. The molecule has 0 aliphatic heterocycles. The molecule has 0 fully saturated rings. The Morgan fingerprint density at radius 1 is 1.05 bits per heavy atom.